The monoisotopic (exact) mass is 257 g/mol. The summed E-state index contributed by atoms with van der Waals surface area (Å²) in [5.74, 6) is 2.21. The molecule has 0 radical (unpaired) electrons. The number of nitrogens with one attached hydrogen (secondary N) is 1. The Kier molecular flexibility index (Phi) is 3.49. The third-order valence-electron chi connectivity index (χ3n) is 3.36. The maximum atomic E-state index is 5.87. The highest BCUT2D eigenvalue weighted by molar-refractivity contribution is 5.84. The third-order valence-corrected chi connectivity index (χ3v) is 3.36. The average molecular weight is 257 g/mol. The predicted octanol–water partition coefficient (Wildman–Crippen LogP) is 3.24. The van der Waals surface area contributed by atoms with Crippen molar-refractivity contribution in [2.75, 3.05) is 18.5 Å². The summed E-state index contributed by atoms with van der Waals surface area (Å²) in [4.78, 5) is 8.94. The van der Waals surface area contributed by atoms with Crippen LogP contribution < -0.4 is 10.1 Å². The van der Waals surface area contributed by atoms with E-state index in [0.29, 0.717) is 11.8 Å². The summed E-state index contributed by atoms with van der Waals surface area (Å²) in [5.41, 5.74) is 0.926. The Bertz CT molecular complexity index is 566. The Balaban J connectivity index is 1.85. The Morgan fingerprint density at radius 1 is 1.26 bits per heavy atom. The molecule has 1 heterocycles. The molecule has 4 heteroatoms. The molecule has 1 aliphatic rings. The summed E-state index contributed by atoms with van der Waals surface area (Å²) in [5, 5.41) is 4.14. The van der Waals surface area contributed by atoms with Gasteiger partial charge in [0.25, 0.3) is 0 Å². The number of hydrogen-bond acceptors (Lipinski definition) is 4. The van der Waals surface area contributed by atoms with Crippen LogP contribution in [0.4, 0.5) is 5.95 Å². The van der Waals surface area contributed by atoms with Crippen molar-refractivity contribution in [2.45, 2.75) is 26.2 Å². The molecule has 100 valence electrons. The van der Waals surface area contributed by atoms with Gasteiger partial charge in [-0.15, -0.1) is 0 Å². The summed E-state index contributed by atoms with van der Waals surface area (Å²) in [6.07, 6.45) is 3.85. The highest BCUT2D eigenvalue weighted by atomic mass is 16.5. The fraction of sp³-hybridized carbons (Fsp3) is 0.467. The first-order chi connectivity index (χ1) is 9.36. The van der Waals surface area contributed by atoms with Gasteiger partial charge in [-0.1, -0.05) is 25.0 Å². The number of nitrogens with zero attached hydrogens (tertiary/aromatic N) is 2. The average Bonchev–Trinajstić information content (AvgIpc) is 3.23. The molecule has 4 nitrogen and oxygen atoms in total. The van der Waals surface area contributed by atoms with Crippen LogP contribution in [0.2, 0.25) is 0 Å². The van der Waals surface area contributed by atoms with Gasteiger partial charge in [-0.25, -0.2) is 4.98 Å². The summed E-state index contributed by atoms with van der Waals surface area (Å²) >= 11 is 0. The van der Waals surface area contributed by atoms with Crippen LogP contribution in [0.15, 0.2) is 24.3 Å². The molecule has 2 aromatic rings. The lowest BCUT2D eigenvalue weighted by Crippen LogP contribution is -2.06. The Morgan fingerprint density at radius 2 is 2.11 bits per heavy atom. The van der Waals surface area contributed by atoms with Crippen molar-refractivity contribution >= 4 is 16.9 Å². The topological polar surface area (TPSA) is 47.0 Å². The standard InChI is InChI=1S/C15H19N3O/c1-2-16-15-17-13-6-4-3-5-12(13)14(18-15)19-10-9-11-7-8-11/h3-6,11H,2,7-10H2,1H3,(H,16,17,18). The van der Waals surface area contributed by atoms with Crippen molar-refractivity contribution in [3.63, 3.8) is 0 Å². The highest BCUT2D eigenvalue weighted by Crippen LogP contribution is 2.32. The number of hydrogen-bond donors (Lipinski definition) is 1. The molecule has 1 aliphatic carbocycles. The van der Waals surface area contributed by atoms with E-state index in [1.807, 2.05) is 31.2 Å². The molecule has 0 atom stereocenters. The van der Waals surface area contributed by atoms with Crippen LogP contribution in [0, 0.1) is 5.92 Å². The number of anilines is 1. The number of benzene rings is 1. The second kappa shape index (κ2) is 5.43. The number of para-hydroxylation sites is 1. The molecule has 1 aromatic carbocycles. The molecule has 0 aliphatic heterocycles. The first-order valence-corrected chi connectivity index (χ1v) is 7.00. The predicted molar refractivity (Wildman–Crippen MR) is 76.5 cm³/mol. The van der Waals surface area contributed by atoms with Crippen molar-refractivity contribution in [1.29, 1.82) is 0 Å². The summed E-state index contributed by atoms with van der Waals surface area (Å²) < 4.78 is 5.87. The van der Waals surface area contributed by atoms with Crippen LogP contribution in [0.3, 0.4) is 0 Å². The van der Waals surface area contributed by atoms with Crippen LogP contribution in [-0.2, 0) is 0 Å². The zero-order valence-corrected chi connectivity index (χ0v) is 11.2. The third kappa shape index (κ3) is 2.95. The van der Waals surface area contributed by atoms with E-state index in [4.69, 9.17) is 4.74 Å². The number of aromatic nitrogens is 2. The van der Waals surface area contributed by atoms with Gasteiger partial charge in [0.05, 0.1) is 17.5 Å². The van der Waals surface area contributed by atoms with Gasteiger partial charge in [-0.2, -0.15) is 4.98 Å². The van der Waals surface area contributed by atoms with Gasteiger partial charge in [-0.05, 0) is 31.4 Å². The second-order valence-corrected chi connectivity index (χ2v) is 4.98. The van der Waals surface area contributed by atoms with Crippen molar-refractivity contribution in [1.82, 2.24) is 9.97 Å². The van der Waals surface area contributed by atoms with Gasteiger partial charge in [0.2, 0.25) is 11.8 Å². The molecule has 0 spiro atoms. The molecule has 0 amide bonds. The quantitative estimate of drug-likeness (QED) is 0.863. The van der Waals surface area contributed by atoms with Crippen molar-refractivity contribution in [3.8, 4) is 5.88 Å². The van der Waals surface area contributed by atoms with Gasteiger partial charge >= 0.3 is 0 Å². The van der Waals surface area contributed by atoms with E-state index < -0.39 is 0 Å². The molecule has 0 bridgehead atoms. The number of rotatable bonds is 6. The minimum atomic E-state index is 0.641. The molecule has 1 N–H and O–H groups in total. The number of fused-ring (bicyclic) bond motifs is 1. The van der Waals surface area contributed by atoms with Crippen LogP contribution >= 0.6 is 0 Å². The van der Waals surface area contributed by atoms with Crippen LogP contribution in [-0.4, -0.2) is 23.1 Å². The van der Waals surface area contributed by atoms with Crippen molar-refractivity contribution < 1.29 is 4.74 Å². The SMILES string of the molecule is CCNc1nc(OCCC2CC2)c2ccccc2n1. The van der Waals surface area contributed by atoms with Crippen molar-refractivity contribution in [3.05, 3.63) is 24.3 Å². The molecule has 19 heavy (non-hydrogen) atoms. The smallest absolute Gasteiger partial charge is 0.226 e. The van der Waals surface area contributed by atoms with E-state index in [0.717, 1.165) is 36.4 Å². The van der Waals surface area contributed by atoms with E-state index in [9.17, 15) is 0 Å². The summed E-state index contributed by atoms with van der Waals surface area (Å²) in [6, 6.07) is 7.98. The maximum absolute atomic E-state index is 5.87. The molecular formula is C15H19N3O. The van der Waals surface area contributed by atoms with E-state index in [-0.39, 0.29) is 0 Å². The minimum absolute atomic E-state index is 0.641. The van der Waals surface area contributed by atoms with E-state index in [1.165, 1.54) is 12.8 Å². The molecule has 1 saturated carbocycles. The largest absolute Gasteiger partial charge is 0.477 e. The Labute approximate surface area is 113 Å². The molecular weight excluding hydrogens is 238 g/mol. The molecule has 0 unspecified atom stereocenters. The van der Waals surface area contributed by atoms with Crippen LogP contribution in [0.25, 0.3) is 10.9 Å². The van der Waals surface area contributed by atoms with Gasteiger partial charge in [0.15, 0.2) is 0 Å². The zero-order valence-electron chi connectivity index (χ0n) is 11.2. The lowest BCUT2D eigenvalue weighted by atomic mass is 10.2. The summed E-state index contributed by atoms with van der Waals surface area (Å²) in [7, 11) is 0. The first-order valence-electron chi connectivity index (χ1n) is 7.00. The fourth-order valence-electron chi connectivity index (χ4n) is 2.12. The van der Waals surface area contributed by atoms with Crippen LogP contribution in [0.5, 0.6) is 5.88 Å². The van der Waals surface area contributed by atoms with Crippen LogP contribution in [0.1, 0.15) is 26.2 Å². The normalized spacial score (nSPS) is 14.6. The highest BCUT2D eigenvalue weighted by Gasteiger charge is 2.21. The zero-order chi connectivity index (χ0) is 13.1. The lowest BCUT2D eigenvalue weighted by Gasteiger charge is -2.10. The maximum Gasteiger partial charge on any atom is 0.226 e. The first kappa shape index (κ1) is 12.2. The van der Waals surface area contributed by atoms with Gasteiger partial charge in [0, 0.05) is 6.54 Å². The Hall–Kier alpha value is -1.84. The van der Waals surface area contributed by atoms with Gasteiger partial charge in [-0.3, -0.25) is 0 Å². The fourth-order valence-corrected chi connectivity index (χ4v) is 2.12. The molecule has 3 rings (SSSR count). The molecule has 1 fully saturated rings. The van der Waals surface area contributed by atoms with E-state index in [2.05, 4.69) is 15.3 Å². The molecule has 0 saturated heterocycles. The molecule has 1 aromatic heterocycles. The minimum Gasteiger partial charge on any atom is -0.477 e. The van der Waals surface area contributed by atoms with Gasteiger partial charge in [0.1, 0.15) is 0 Å². The lowest BCUT2D eigenvalue weighted by molar-refractivity contribution is 0.295. The number of ether oxygens (including phenoxy) is 1. The Morgan fingerprint density at radius 3 is 2.89 bits per heavy atom. The van der Waals surface area contributed by atoms with E-state index in [1.54, 1.807) is 0 Å². The van der Waals surface area contributed by atoms with E-state index >= 15 is 0 Å². The van der Waals surface area contributed by atoms with Crippen molar-refractivity contribution in [2.24, 2.45) is 5.92 Å². The second-order valence-electron chi connectivity index (χ2n) is 4.98. The summed E-state index contributed by atoms with van der Waals surface area (Å²) in [6.45, 7) is 3.59. The van der Waals surface area contributed by atoms with Gasteiger partial charge < -0.3 is 10.1 Å².